The van der Waals surface area contributed by atoms with Gasteiger partial charge < -0.3 is 24.0 Å². The lowest BCUT2D eigenvalue weighted by atomic mass is 10.1. The van der Waals surface area contributed by atoms with E-state index >= 15 is 0 Å². The van der Waals surface area contributed by atoms with E-state index in [1.54, 1.807) is 19.1 Å². The Morgan fingerprint density at radius 3 is 2.55 bits per heavy atom. The summed E-state index contributed by atoms with van der Waals surface area (Å²) in [6.07, 6.45) is 1.02. The molecule has 0 saturated carbocycles. The van der Waals surface area contributed by atoms with Gasteiger partial charge in [-0.1, -0.05) is 18.2 Å². The number of nitrogens with zero attached hydrogens (tertiary/aromatic N) is 2. The molecule has 1 amide bonds. The van der Waals surface area contributed by atoms with Crippen LogP contribution < -0.4 is 14.4 Å². The number of ether oxygens (including phenoxy) is 3. The van der Waals surface area contributed by atoms with E-state index < -0.39 is 0 Å². The zero-order valence-corrected chi connectivity index (χ0v) is 17.5. The summed E-state index contributed by atoms with van der Waals surface area (Å²) < 4.78 is 16.2. The minimum Gasteiger partial charge on any atom is -0.497 e. The van der Waals surface area contributed by atoms with Gasteiger partial charge in [-0.25, -0.2) is 0 Å². The number of benzene rings is 2. The van der Waals surface area contributed by atoms with Gasteiger partial charge in [-0.05, 0) is 41.8 Å². The molecule has 1 aliphatic heterocycles. The molecule has 1 heterocycles. The minimum atomic E-state index is 0.103. The number of hydrogen-bond acceptors (Lipinski definition) is 5. The number of carbonyl (C=O) groups is 1. The molecule has 2 aromatic rings. The quantitative estimate of drug-likeness (QED) is 0.684. The maximum absolute atomic E-state index is 12.8. The molecule has 0 atom stereocenters. The summed E-state index contributed by atoms with van der Waals surface area (Å²) in [5.41, 5.74) is 3.32. The van der Waals surface area contributed by atoms with Crippen molar-refractivity contribution in [1.82, 2.24) is 4.90 Å². The zero-order chi connectivity index (χ0) is 20.6. The number of amides is 1. The van der Waals surface area contributed by atoms with Crippen molar-refractivity contribution in [2.75, 3.05) is 52.5 Å². The van der Waals surface area contributed by atoms with Crippen LogP contribution >= 0.6 is 0 Å². The predicted octanol–water partition coefficient (Wildman–Crippen LogP) is 3.13. The topological polar surface area (TPSA) is 51.2 Å². The fourth-order valence-corrected chi connectivity index (χ4v) is 3.61. The van der Waals surface area contributed by atoms with Crippen molar-refractivity contribution < 1.29 is 19.0 Å². The van der Waals surface area contributed by atoms with Crippen LogP contribution in [0.2, 0.25) is 0 Å². The summed E-state index contributed by atoms with van der Waals surface area (Å²) in [5.74, 6) is 1.65. The van der Waals surface area contributed by atoms with Crippen molar-refractivity contribution in [2.24, 2.45) is 0 Å². The predicted molar refractivity (Wildman–Crippen MR) is 114 cm³/mol. The Balaban J connectivity index is 1.63. The summed E-state index contributed by atoms with van der Waals surface area (Å²) in [5, 5.41) is 0. The first-order chi connectivity index (χ1) is 14.1. The number of hydrogen-bond donors (Lipinski definition) is 0. The van der Waals surface area contributed by atoms with Crippen molar-refractivity contribution in [2.45, 2.75) is 19.4 Å². The molecule has 0 radical (unpaired) electrons. The third-order valence-corrected chi connectivity index (χ3v) is 5.27. The molecule has 6 heteroatoms. The highest BCUT2D eigenvalue weighted by atomic mass is 16.5. The Bertz CT molecular complexity index is 818. The van der Waals surface area contributed by atoms with Crippen LogP contribution in [0, 0.1) is 0 Å². The molecular formula is C23H30N2O4. The number of para-hydroxylation sites is 1. The lowest BCUT2D eigenvalue weighted by molar-refractivity contribution is -0.130. The Labute approximate surface area is 173 Å². The Hall–Kier alpha value is -2.73. The molecule has 2 aromatic carbocycles. The van der Waals surface area contributed by atoms with Crippen molar-refractivity contribution in [3.8, 4) is 11.5 Å². The SMILES string of the molecule is COc1ccc(OC)c(CCC(=O)N(C)Cc2ccccc2N2CCOCC2)c1. The number of aryl methyl sites for hydroxylation is 1. The number of rotatable bonds is 8. The van der Waals surface area contributed by atoms with Gasteiger partial charge in [-0.2, -0.15) is 0 Å². The van der Waals surface area contributed by atoms with Gasteiger partial charge in [0.05, 0.1) is 27.4 Å². The van der Waals surface area contributed by atoms with E-state index in [2.05, 4.69) is 17.0 Å². The fourth-order valence-electron chi connectivity index (χ4n) is 3.61. The molecule has 3 rings (SSSR count). The highest BCUT2D eigenvalue weighted by Gasteiger charge is 2.17. The maximum atomic E-state index is 12.8. The smallest absolute Gasteiger partial charge is 0.222 e. The standard InChI is InChI=1S/C23H30N2O4/c1-24(17-19-6-4-5-7-21(19)25-12-14-29-15-13-25)23(26)11-8-18-16-20(27-2)9-10-22(18)28-3/h4-7,9-10,16H,8,11-15,17H2,1-3H3. The van der Waals surface area contributed by atoms with Crippen LogP contribution in [-0.2, 0) is 22.5 Å². The maximum Gasteiger partial charge on any atom is 0.222 e. The molecule has 0 N–H and O–H groups in total. The summed E-state index contributed by atoms with van der Waals surface area (Å²) in [4.78, 5) is 16.9. The van der Waals surface area contributed by atoms with Crippen LogP contribution in [0.5, 0.6) is 11.5 Å². The van der Waals surface area contributed by atoms with Crippen molar-refractivity contribution in [3.63, 3.8) is 0 Å². The highest BCUT2D eigenvalue weighted by molar-refractivity contribution is 5.76. The van der Waals surface area contributed by atoms with E-state index in [0.29, 0.717) is 19.4 Å². The van der Waals surface area contributed by atoms with E-state index in [9.17, 15) is 4.79 Å². The zero-order valence-electron chi connectivity index (χ0n) is 17.5. The summed E-state index contributed by atoms with van der Waals surface area (Å²) in [6.45, 7) is 3.83. The number of morpholine rings is 1. The Morgan fingerprint density at radius 1 is 1.07 bits per heavy atom. The first kappa shape index (κ1) is 21.0. The molecule has 156 valence electrons. The summed E-state index contributed by atoms with van der Waals surface area (Å²) in [7, 11) is 5.14. The molecule has 1 aliphatic rings. The molecule has 29 heavy (non-hydrogen) atoms. The van der Waals surface area contributed by atoms with Crippen LogP contribution in [0.15, 0.2) is 42.5 Å². The van der Waals surface area contributed by atoms with Gasteiger partial charge in [0.2, 0.25) is 5.91 Å². The molecule has 1 fully saturated rings. The minimum absolute atomic E-state index is 0.103. The van der Waals surface area contributed by atoms with Crippen molar-refractivity contribution in [3.05, 3.63) is 53.6 Å². The summed E-state index contributed by atoms with van der Waals surface area (Å²) in [6, 6.07) is 14.0. The van der Waals surface area contributed by atoms with Crippen LogP contribution in [0.1, 0.15) is 17.5 Å². The molecule has 0 spiro atoms. The third kappa shape index (κ3) is 5.41. The second kappa shape index (κ2) is 10.2. The Kier molecular flexibility index (Phi) is 7.36. The van der Waals surface area contributed by atoms with Gasteiger partial charge in [-0.3, -0.25) is 4.79 Å². The van der Waals surface area contributed by atoms with Crippen LogP contribution in [-0.4, -0.2) is 58.4 Å². The molecule has 1 saturated heterocycles. The van der Waals surface area contributed by atoms with Gasteiger partial charge in [0.15, 0.2) is 0 Å². The van der Waals surface area contributed by atoms with Crippen molar-refractivity contribution >= 4 is 11.6 Å². The van der Waals surface area contributed by atoms with Crippen LogP contribution in [0.4, 0.5) is 5.69 Å². The monoisotopic (exact) mass is 398 g/mol. The van der Waals surface area contributed by atoms with Crippen LogP contribution in [0.3, 0.4) is 0 Å². The second-order valence-electron chi connectivity index (χ2n) is 7.16. The average Bonchev–Trinajstić information content (AvgIpc) is 2.78. The first-order valence-electron chi connectivity index (χ1n) is 9.98. The van der Waals surface area contributed by atoms with E-state index in [1.165, 1.54) is 5.69 Å². The van der Waals surface area contributed by atoms with Gasteiger partial charge in [0, 0.05) is 38.8 Å². The number of methoxy groups -OCH3 is 2. The van der Waals surface area contributed by atoms with Gasteiger partial charge >= 0.3 is 0 Å². The van der Waals surface area contributed by atoms with E-state index in [4.69, 9.17) is 14.2 Å². The molecule has 0 unspecified atom stereocenters. The first-order valence-corrected chi connectivity index (χ1v) is 9.98. The van der Waals surface area contributed by atoms with Gasteiger partial charge in [0.1, 0.15) is 11.5 Å². The molecule has 0 bridgehead atoms. The van der Waals surface area contributed by atoms with Gasteiger partial charge in [-0.15, -0.1) is 0 Å². The number of anilines is 1. The lowest BCUT2D eigenvalue weighted by Crippen LogP contribution is -2.37. The van der Waals surface area contributed by atoms with E-state index in [1.807, 2.05) is 37.4 Å². The largest absolute Gasteiger partial charge is 0.497 e. The normalized spacial score (nSPS) is 13.8. The third-order valence-electron chi connectivity index (χ3n) is 5.27. The molecule has 6 nitrogen and oxygen atoms in total. The van der Waals surface area contributed by atoms with E-state index in [0.717, 1.165) is 48.9 Å². The highest BCUT2D eigenvalue weighted by Crippen LogP contribution is 2.26. The van der Waals surface area contributed by atoms with Crippen molar-refractivity contribution in [1.29, 1.82) is 0 Å². The summed E-state index contributed by atoms with van der Waals surface area (Å²) >= 11 is 0. The molecular weight excluding hydrogens is 368 g/mol. The lowest BCUT2D eigenvalue weighted by Gasteiger charge is -2.31. The second-order valence-corrected chi connectivity index (χ2v) is 7.16. The van der Waals surface area contributed by atoms with Gasteiger partial charge in [0.25, 0.3) is 0 Å². The van der Waals surface area contributed by atoms with E-state index in [-0.39, 0.29) is 5.91 Å². The Morgan fingerprint density at radius 2 is 1.83 bits per heavy atom. The van der Waals surface area contributed by atoms with Crippen LogP contribution in [0.25, 0.3) is 0 Å². The fraction of sp³-hybridized carbons (Fsp3) is 0.435. The molecule has 0 aromatic heterocycles. The number of carbonyl (C=O) groups excluding carboxylic acids is 1. The molecule has 0 aliphatic carbocycles. The average molecular weight is 399 g/mol.